The van der Waals surface area contributed by atoms with E-state index in [0.29, 0.717) is 12.3 Å². The van der Waals surface area contributed by atoms with Crippen LogP contribution in [0.15, 0.2) is 0 Å². The van der Waals surface area contributed by atoms with Gasteiger partial charge in [0.25, 0.3) is 0 Å². The smallest absolute Gasteiger partial charge is 0.222 e. The second-order valence-corrected chi connectivity index (χ2v) is 6.49. The largest absolute Gasteiger partial charge is 0.343 e. The van der Waals surface area contributed by atoms with Gasteiger partial charge in [0, 0.05) is 32.3 Å². The van der Waals surface area contributed by atoms with Crippen molar-refractivity contribution in [3.05, 3.63) is 17.0 Å². The topological polar surface area (TPSA) is 50.2 Å². The fraction of sp³-hybridized carbons (Fsp3) is 0.765. The summed E-state index contributed by atoms with van der Waals surface area (Å²) in [5.41, 5.74) is 3.47. The van der Waals surface area contributed by atoms with Crippen LogP contribution in [-0.2, 0) is 18.3 Å². The third-order valence-corrected chi connectivity index (χ3v) is 5.02. The van der Waals surface area contributed by atoms with Gasteiger partial charge in [-0.2, -0.15) is 5.10 Å². The van der Waals surface area contributed by atoms with Crippen LogP contribution in [0.3, 0.4) is 0 Å². The summed E-state index contributed by atoms with van der Waals surface area (Å²) in [4.78, 5) is 14.5. The molecule has 1 aliphatic rings. The summed E-state index contributed by atoms with van der Waals surface area (Å²) >= 11 is 0. The van der Waals surface area contributed by atoms with Gasteiger partial charge >= 0.3 is 0 Å². The third kappa shape index (κ3) is 4.09. The molecule has 0 aromatic carbocycles. The van der Waals surface area contributed by atoms with Crippen LogP contribution in [0.2, 0.25) is 0 Å². The number of carbonyl (C=O) groups is 1. The first-order valence-corrected chi connectivity index (χ1v) is 8.44. The lowest BCUT2D eigenvalue weighted by molar-refractivity contribution is -0.132. The zero-order valence-corrected chi connectivity index (χ0v) is 14.5. The van der Waals surface area contributed by atoms with Crippen LogP contribution in [0.5, 0.6) is 0 Å². The first-order valence-electron chi connectivity index (χ1n) is 8.44. The maximum atomic E-state index is 12.4. The molecule has 1 fully saturated rings. The minimum absolute atomic E-state index is 0.301. The van der Waals surface area contributed by atoms with Gasteiger partial charge in [0.15, 0.2) is 0 Å². The van der Waals surface area contributed by atoms with Crippen LogP contribution >= 0.6 is 0 Å². The number of likely N-dealkylation sites (tertiary alicyclic amines) is 1. The monoisotopic (exact) mass is 306 g/mol. The van der Waals surface area contributed by atoms with E-state index in [2.05, 4.69) is 22.2 Å². The first-order chi connectivity index (χ1) is 10.5. The summed E-state index contributed by atoms with van der Waals surface area (Å²) in [6.45, 7) is 7.04. The molecule has 5 nitrogen and oxygen atoms in total. The lowest BCUT2D eigenvalue weighted by Gasteiger charge is -2.32. The number of aryl methyl sites for hydroxylation is 2. The zero-order valence-electron chi connectivity index (χ0n) is 14.5. The molecule has 1 aliphatic heterocycles. The maximum Gasteiger partial charge on any atom is 0.222 e. The molecular weight excluding hydrogens is 276 g/mol. The average molecular weight is 306 g/mol. The van der Waals surface area contributed by atoms with Crippen molar-refractivity contribution in [2.24, 2.45) is 13.0 Å². The van der Waals surface area contributed by atoms with E-state index < -0.39 is 0 Å². The summed E-state index contributed by atoms with van der Waals surface area (Å²) in [6, 6.07) is 0. The minimum atomic E-state index is 0.301. The molecule has 1 saturated heterocycles. The van der Waals surface area contributed by atoms with Gasteiger partial charge in [-0.05, 0) is 64.6 Å². The lowest BCUT2D eigenvalue weighted by atomic mass is 9.93. The Kier molecular flexibility index (Phi) is 6.00. The third-order valence-electron chi connectivity index (χ3n) is 5.02. The highest BCUT2D eigenvalue weighted by Gasteiger charge is 2.22. The van der Waals surface area contributed by atoms with E-state index >= 15 is 0 Å². The van der Waals surface area contributed by atoms with Crippen LogP contribution < -0.4 is 5.32 Å². The highest BCUT2D eigenvalue weighted by molar-refractivity contribution is 5.76. The van der Waals surface area contributed by atoms with Gasteiger partial charge in [0.1, 0.15) is 0 Å². The SMILES string of the molecule is CNCCC1CCN(C(=O)CCc2c(C)nn(C)c2C)CC1. The molecule has 5 heteroatoms. The van der Waals surface area contributed by atoms with Gasteiger partial charge in [0.2, 0.25) is 5.91 Å². The number of aromatic nitrogens is 2. The maximum absolute atomic E-state index is 12.4. The molecule has 2 heterocycles. The number of piperidine rings is 1. The predicted octanol–water partition coefficient (Wildman–Crippen LogP) is 1.82. The van der Waals surface area contributed by atoms with E-state index in [9.17, 15) is 4.79 Å². The van der Waals surface area contributed by atoms with Crippen LogP contribution in [0.25, 0.3) is 0 Å². The molecule has 0 spiro atoms. The van der Waals surface area contributed by atoms with E-state index in [1.165, 1.54) is 17.7 Å². The molecule has 1 aromatic rings. The molecule has 0 saturated carbocycles. The van der Waals surface area contributed by atoms with E-state index in [1.54, 1.807) is 0 Å². The molecule has 0 aliphatic carbocycles. The zero-order chi connectivity index (χ0) is 16.1. The van der Waals surface area contributed by atoms with Crippen molar-refractivity contribution >= 4 is 5.91 Å². The Bertz CT molecular complexity index is 501. The number of nitrogens with zero attached hydrogens (tertiary/aromatic N) is 3. The number of rotatable bonds is 6. The quantitative estimate of drug-likeness (QED) is 0.872. The Hall–Kier alpha value is -1.36. The summed E-state index contributed by atoms with van der Waals surface area (Å²) in [7, 11) is 3.96. The van der Waals surface area contributed by atoms with Crippen molar-refractivity contribution < 1.29 is 4.79 Å². The molecule has 124 valence electrons. The lowest BCUT2D eigenvalue weighted by Crippen LogP contribution is -2.39. The molecule has 0 bridgehead atoms. The van der Waals surface area contributed by atoms with Gasteiger partial charge in [-0.25, -0.2) is 0 Å². The molecule has 2 rings (SSSR count). The van der Waals surface area contributed by atoms with Crippen molar-refractivity contribution in [3.8, 4) is 0 Å². The summed E-state index contributed by atoms with van der Waals surface area (Å²) in [6.07, 6.45) is 4.95. The van der Waals surface area contributed by atoms with Gasteiger partial charge in [-0.3, -0.25) is 9.48 Å². The second-order valence-electron chi connectivity index (χ2n) is 6.49. The van der Waals surface area contributed by atoms with E-state index in [-0.39, 0.29) is 0 Å². The minimum Gasteiger partial charge on any atom is -0.343 e. The first kappa shape index (κ1) is 17.0. The van der Waals surface area contributed by atoms with E-state index in [0.717, 1.165) is 50.5 Å². The van der Waals surface area contributed by atoms with Crippen molar-refractivity contribution in [1.29, 1.82) is 0 Å². The number of hydrogen-bond acceptors (Lipinski definition) is 3. The molecule has 22 heavy (non-hydrogen) atoms. The normalized spacial score (nSPS) is 16.3. The molecular formula is C17H30N4O. The Labute approximate surface area is 134 Å². The van der Waals surface area contributed by atoms with Gasteiger partial charge in [0.05, 0.1) is 5.69 Å². The van der Waals surface area contributed by atoms with Crippen LogP contribution in [0.4, 0.5) is 0 Å². The number of nitrogens with one attached hydrogen (secondary N) is 1. The fourth-order valence-electron chi connectivity index (χ4n) is 3.39. The molecule has 0 atom stereocenters. The van der Waals surface area contributed by atoms with Crippen molar-refractivity contribution in [2.75, 3.05) is 26.7 Å². The van der Waals surface area contributed by atoms with Crippen LogP contribution in [0, 0.1) is 19.8 Å². The molecule has 1 aromatic heterocycles. The van der Waals surface area contributed by atoms with Crippen LogP contribution in [0.1, 0.15) is 42.6 Å². The molecule has 1 amide bonds. The number of carbonyl (C=O) groups excluding carboxylic acids is 1. The Morgan fingerprint density at radius 1 is 1.32 bits per heavy atom. The Balaban J connectivity index is 1.79. The van der Waals surface area contributed by atoms with Crippen LogP contribution in [-0.4, -0.2) is 47.3 Å². The second kappa shape index (κ2) is 7.77. The van der Waals surface area contributed by atoms with E-state index in [1.807, 2.05) is 25.7 Å². The van der Waals surface area contributed by atoms with Crippen molar-refractivity contribution in [3.63, 3.8) is 0 Å². The van der Waals surface area contributed by atoms with Gasteiger partial charge in [-0.1, -0.05) is 0 Å². The Morgan fingerprint density at radius 3 is 2.55 bits per heavy atom. The summed E-state index contributed by atoms with van der Waals surface area (Å²) < 4.78 is 1.91. The summed E-state index contributed by atoms with van der Waals surface area (Å²) in [5, 5.41) is 7.64. The average Bonchev–Trinajstić information content (AvgIpc) is 2.76. The van der Waals surface area contributed by atoms with Crippen molar-refractivity contribution in [2.45, 2.75) is 46.0 Å². The molecule has 1 N–H and O–H groups in total. The van der Waals surface area contributed by atoms with E-state index in [4.69, 9.17) is 0 Å². The Morgan fingerprint density at radius 2 is 2.00 bits per heavy atom. The highest BCUT2D eigenvalue weighted by atomic mass is 16.2. The van der Waals surface area contributed by atoms with Gasteiger partial charge < -0.3 is 10.2 Å². The molecule has 0 unspecified atom stereocenters. The highest BCUT2D eigenvalue weighted by Crippen LogP contribution is 2.21. The number of hydrogen-bond donors (Lipinski definition) is 1. The van der Waals surface area contributed by atoms with Gasteiger partial charge in [-0.15, -0.1) is 0 Å². The predicted molar refractivity (Wildman–Crippen MR) is 88.9 cm³/mol. The fourth-order valence-corrected chi connectivity index (χ4v) is 3.39. The number of amides is 1. The summed E-state index contributed by atoms with van der Waals surface area (Å²) in [5.74, 6) is 1.08. The standard InChI is InChI=1S/C17H30N4O/c1-13-16(14(2)20(4)19-13)5-6-17(22)21-11-8-15(9-12-21)7-10-18-3/h15,18H,5-12H2,1-4H3. The van der Waals surface area contributed by atoms with Crippen molar-refractivity contribution in [1.82, 2.24) is 20.0 Å². The molecule has 0 radical (unpaired) electrons.